The molecule has 0 spiro atoms. The molecule has 2 aromatic rings. The fraction of sp³-hybridized carbons (Fsp3) is 0. The molecule has 0 bridgehead atoms. The molecular weight excluding hydrogens is 164 g/mol. The van der Waals surface area contributed by atoms with E-state index in [0.29, 0.717) is 0 Å². The molecule has 1 aromatic carbocycles. The second-order valence-corrected chi connectivity index (χ2v) is 2.66. The third-order valence-electron chi connectivity index (χ3n) is 1.88. The van der Waals surface area contributed by atoms with Crippen molar-refractivity contribution in [3.8, 4) is 0 Å². The molecule has 1 heterocycles. The smallest absolute Gasteiger partial charge is 0.0741 e. The van der Waals surface area contributed by atoms with Crippen LogP contribution in [-0.4, -0.2) is 16.4 Å². The van der Waals surface area contributed by atoms with Crippen LogP contribution in [0.4, 0.5) is 0 Å². The zero-order valence-electron chi connectivity index (χ0n) is 6.88. The zero-order valence-corrected chi connectivity index (χ0v) is 6.88. The van der Waals surface area contributed by atoms with Crippen molar-refractivity contribution in [2.75, 3.05) is 0 Å². The number of para-hydroxylation sites is 1. The number of nitrogens with zero attached hydrogens (tertiary/aromatic N) is 2. The van der Waals surface area contributed by atoms with E-state index >= 15 is 0 Å². The Hall–Kier alpha value is -1.90. The van der Waals surface area contributed by atoms with Gasteiger partial charge in [-0.05, 0) is 12.1 Å². The predicted octanol–water partition coefficient (Wildman–Crippen LogP) is 2.04. The Morgan fingerprint density at radius 2 is 2.08 bits per heavy atom. The van der Waals surface area contributed by atoms with Crippen LogP contribution in [-0.2, 0) is 0 Å². The van der Waals surface area contributed by atoms with Crippen molar-refractivity contribution in [3.05, 3.63) is 42.1 Å². The molecule has 0 aliphatic rings. The molecular formula is C10H8N2O. The summed E-state index contributed by atoms with van der Waals surface area (Å²) in [5, 5.41) is 12.4. The first-order valence-corrected chi connectivity index (χ1v) is 3.93. The highest BCUT2D eigenvalue weighted by Gasteiger charge is 1.97. The molecule has 0 aliphatic heterocycles. The lowest BCUT2D eigenvalue weighted by molar-refractivity contribution is 0.322. The highest BCUT2D eigenvalue weighted by atomic mass is 16.4. The van der Waals surface area contributed by atoms with Crippen LogP contribution in [0.15, 0.2) is 41.7 Å². The van der Waals surface area contributed by atoms with Gasteiger partial charge in [-0.3, -0.25) is 4.98 Å². The van der Waals surface area contributed by atoms with Crippen molar-refractivity contribution in [2.45, 2.75) is 0 Å². The number of hydrogen-bond donors (Lipinski definition) is 1. The minimum Gasteiger partial charge on any atom is -0.411 e. The maximum Gasteiger partial charge on any atom is 0.0741 e. The molecule has 0 radical (unpaired) electrons. The normalized spacial score (nSPS) is 11.1. The monoisotopic (exact) mass is 172 g/mol. The molecule has 0 unspecified atom stereocenters. The minimum atomic E-state index is 0.869. The number of rotatable bonds is 1. The highest BCUT2D eigenvalue weighted by molar-refractivity contribution is 5.97. The molecule has 0 fully saturated rings. The van der Waals surface area contributed by atoms with Crippen molar-refractivity contribution >= 4 is 17.1 Å². The van der Waals surface area contributed by atoms with Gasteiger partial charge in [-0.1, -0.05) is 23.4 Å². The molecule has 1 N–H and O–H groups in total. The maximum atomic E-state index is 8.43. The minimum absolute atomic E-state index is 0.869. The standard InChI is InChI=1S/C10H8N2O/c13-12-7-8-5-6-11-10-4-2-1-3-9(8)10/h1-7,13H/b12-7-. The largest absolute Gasteiger partial charge is 0.411 e. The first-order valence-electron chi connectivity index (χ1n) is 3.93. The van der Waals surface area contributed by atoms with Crippen LogP contribution in [0, 0.1) is 0 Å². The van der Waals surface area contributed by atoms with Crippen molar-refractivity contribution in [1.29, 1.82) is 0 Å². The Balaban J connectivity index is 2.75. The van der Waals surface area contributed by atoms with Crippen molar-refractivity contribution < 1.29 is 5.21 Å². The van der Waals surface area contributed by atoms with Gasteiger partial charge in [-0.25, -0.2) is 0 Å². The Bertz CT molecular complexity index is 446. The van der Waals surface area contributed by atoms with Crippen LogP contribution in [0.2, 0.25) is 0 Å². The Labute approximate surface area is 75.3 Å². The molecule has 0 atom stereocenters. The number of pyridine rings is 1. The molecule has 0 aliphatic carbocycles. The van der Waals surface area contributed by atoms with Crippen LogP contribution in [0.3, 0.4) is 0 Å². The van der Waals surface area contributed by atoms with Crippen molar-refractivity contribution in [1.82, 2.24) is 4.98 Å². The Morgan fingerprint density at radius 3 is 2.92 bits per heavy atom. The molecule has 0 saturated heterocycles. The second kappa shape index (κ2) is 3.23. The summed E-state index contributed by atoms with van der Waals surface area (Å²) in [6, 6.07) is 9.53. The van der Waals surface area contributed by atoms with Gasteiger partial charge in [0.1, 0.15) is 0 Å². The van der Waals surface area contributed by atoms with E-state index in [1.807, 2.05) is 30.3 Å². The Kier molecular flexibility index (Phi) is 1.92. The number of benzene rings is 1. The molecule has 0 amide bonds. The summed E-state index contributed by atoms with van der Waals surface area (Å²) >= 11 is 0. The fourth-order valence-electron chi connectivity index (χ4n) is 1.29. The average Bonchev–Trinajstić information content (AvgIpc) is 2.19. The highest BCUT2D eigenvalue weighted by Crippen LogP contribution is 2.13. The fourth-order valence-corrected chi connectivity index (χ4v) is 1.29. The van der Waals surface area contributed by atoms with Gasteiger partial charge in [-0.15, -0.1) is 0 Å². The maximum absolute atomic E-state index is 8.43. The van der Waals surface area contributed by atoms with Gasteiger partial charge in [-0.2, -0.15) is 0 Å². The first-order chi connectivity index (χ1) is 6.42. The van der Waals surface area contributed by atoms with E-state index in [9.17, 15) is 0 Å². The quantitative estimate of drug-likeness (QED) is 0.406. The average molecular weight is 172 g/mol. The van der Waals surface area contributed by atoms with E-state index in [1.165, 1.54) is 6.21 Å². The lowest BCUT2D eigenvalue weighted by Crippen LogP contribution is -1.86. The van der Waals surface area contributed by atoms with Gasteiger partial charge in [0.25, 0.3) is 0 Å². The summed E-state index contributed by atoms with van der Waals surface area (Å²) in [4.78, 5) is 4.18. The van der Waals surface area contributed by atoms with Crippen molar-refractivity contribution in [3.63, 3.8) is 0 Å². The summed E-state index contributed by atoms with van der Waals surface area (Å²) in [7, 11) is 0. The van der Waals surface area contributed by atoms with Crippen LogP contribution in [0.5, 0.6) is 0 Å². The van der Waals surface area contributed by atoms with Crippen LogP contribution < -0.4 is 0 Å². The van der Waals surface area contributed by atoms with E-state index < -0.39 is 0 Å². The SMILES string of the molecule is O/N=C\c1ccnc2ccccc12. The summed E-state index contributed by atoms with van der Waals surface area (Å²) < 4.78 is 0. The zero-order chi connectivity index (χ0) is 9.10. The van der Waals surface area contributed by atoms with E-state index in [2.05, 4.69) is 10.1 Å². The first kappa shape index (κ1) is 7.73. The summed E-state index contributed by atoms with van der Waals surface area (Å²) in [5.41, 5.74) is 1.77. The molecule has 64 valence electrons. The van der Waals surface area contributed by atoms with E-state index in [1.54, 1.807) is 6.20 Å². The van der Waals surface area contributed by atoms with Crippen LogP contribution >= 0.6 is 0 Å². The second-order valence-electron chi connectivity index (χ2n) is 2.66. The molecule has 0 saturated carbocycles. The van der Waals surface area contributed by atoms with Gasteiger partial charge in [0.2, 0.25) is 0 Å². The lowest BCUT2D eigenvalue weighted by Gasteiger charge is -1.98. The Morgan fingerprint density at radius 1 is 1.23 bits per heavy atom. The van der Waals surface area contributed by atoms with Gasteiger partial charge >= 0.3 is 0 Å². The topological polar surface area (TPSA) is 45.5 Å². The third kappa shape index (κ3) is 1.36. The molecule has 2 rings (SSSR count). The number of hydrogen-bond acceptors (Lipinski definition) is 3. The van der Waals surface area contributed by atoms with Gasteiger partial charge < -0.3 is 5.21 Å². The van der Waals surface area contributed by atoms with E-state index in [4.69, 9.17) is 5.21 Å². The van der Waals surface area contributed by atoms with E-state index in [0.717, 1.165) is 16.5 Å². The molecule has 3 nitrogen and oxygen atoms in total. The van der Waals surface area contributed by atoms with Gasteiger partial charge in [0, 0.05) is 17.1 Å². The van der Waals surface area contributed by atoms with Crippen LogP contribution in [0.1, 0.15) is 5.56 Å². The van der Waals surface area contributed by atoms with E-state index in [-0.39, 0.29) is 0 Å². The van der Waals surface area contributed by atoms with Crippen molar-refractivity contribution in [2.24, 2.45) is 5.16 Å². The van der Waals surface area contributed by atoms with Gasteiger partial charge in [0.15, 0.2) is 0 Å². The summed E-state index contributed by atoms with van der Waals surface area (Å²) in [6.07, 6.45) is 3.10. The predicted molar refractivity (Wildman–Crippen MR) is 51.1 cm³/mol. The number of aromatic nitrogens is 1. The molecule has 13 heavy (non-hydrogen) atoms. The van der Waals surface area contributed by atoms with Crippen LogP contribution in [0.25, 0.3) is 10.9 Å². The number of fused-ring (bicyclic) bond motifs is 1. The molecule has 1 aromatic heterocycles. The third-order valence-corrected chi connectivity index (χ3v) is 1.88. The van der Waals surface area contributed by atoms with Gasteiger partial charge in [0.05, 0.1) is 11.7 Å². The number of oxime groups is 1. The lowest BCUT2D eigenvalue weighted by atomic mass is 10.1. The summed E-state index contributed by atoms with van der Waals surface area (Å²) in [5.74, 6) is 0. The molecule has 3 heteroatoms. The summed E-state index contributed by atoms with van der Waals surface area (Å²) in [6.45, 7) is 0.